The fraction of sp³-hybridized carbons (Fsp3) is 0.500. The standard InChI is InChI=1S/C18H23NO/c1-4-12-9-10-16-14(11-12)17(18(2,3)20)13-7-5-6-8-15(13)19-16/h9-11,20H,4-8H2,1-3H3. The Balaban J connectivity index is 2.38. The summed E-state index contributed by atoms with van der Waals surface area (Å²) in [6.07, 6.45) is 5.52. The Labute approximate surface area is 120 Å². The van der Waals surface area contributed by atoms with Crippen molar-refractivity contribution in [1.29, 1.82) is 0 Å². The number of aliphatic hydroxyl groups is 1. The molecule has 1 N–H and O–H groups in total. The maximum absolute atomic E-state index is 10.7. The molecule has 0 unspecified atom stereocenters. The fourth-order valence-corrected chi connectivity index (χ4v) is 3.39. The van der Waals surface area contributed by atoms with E-state index in [0.29, 0.717) is 0 Å². The molecular weight excluding hydrogens is 246 g/mol. The number of pyridine rings is 1. The van der Waals surface area contributed by atoms with Crippen LogP contribution in [0.3, 0.4) is 0 Å². The number of benzene rings is 1. The molecule has 0 spiro atoms. The zero-order chi connectivity index (χ0) is 14.3. The number of rotatable bonds is 2. The Morgan fingerprint density at radius 3 is 2.65 bits per heavy atom. The molecule has 1 heterocycles. The van der Waals surface area contributed by atoms with Crippen molar-refractivity contribution in [3.8, 4) is 0 Å². The van der Waals surface area contributed by atoms with Crippen molar-refractivity contribution in [3.63, 3.8) is 0 Å². The first-order valence-corrected chi connectivity index (χ1v) is 7.68. The number of aryl methyl sites for hydroxylation is 2. The van der Waals surface area contributed by atoms with Gasteiger partial charge in [0, 0.05) is 11.1 Å². The smallest absolute Gasteiger partial charge is 0.0850 e. The van der Waals surface area contributed by atoms with Gasteiger partial charge >= 0.3 is 0 Å². The lowest BCUT2D eigenvalue weighted by Gasteiger charge is -2.28. The first-order chi connectivity index (χ1) is 9.50. The molecule has 20 heavy (non-hydrogen) atoms. The maximum Gasteiger partial charge on any atom is 0.0850 e. The lowest BCUT2D eigenvalue weighted by atomic mass is 9.83. The molecule has 2 heteroatoms. The van der Waals surface area contributed by atoms with E-state index < -0.39 is 5.60 Å². The van der Waals surface area contributed by atoms with Crippen molar-refractivity contribution >= 4 is 10.9 Å². The van der Waals surface area contributed by atoms with Gasteiger partial charge in [-0.2, -0.15) is 0 Å². The molecule has 0 saturated heterocycles. The largest absolute Gasteiger partial charge is 0.386 e. The molecule has 2 nitrogen and oxygen atoms in total. The molecule has 0 atom stereocenters. The van der Waals surface area contributed by atoms with Crippen LogP contribution in [-0.4, -0.2) is 10.1 Å². The van der Waals surface area contributed by atoms with Gasteiger partial charge in [-0.3, -0.25) is 4.98 Å². The van der Waals surface area contributed by atoms with E-state index in [4.69, 9.17) is 4.98 Å². The monoisotopic (exact) mass is 269 g/mol. The summed E-state index contributed by atoms with van der Waals surface area (Å²) in [6.45, 7) is 5.96. The molecule has 106 valence electrons. The lowest BCUT2D eigenvalue weighted by Crippen LogP contribution is -2.22. The highest BCUT2D eigenvalue weighted by molar-refractivity contribution is 5.85. The Morgan fingerprint density at radius 1 is 1.20 bits per heavy atom. The van der Waals surface area contributed by atoms with E-state index in [1.807, 2.05) is 13.8 Å². The van der Waals surface area contributed by atoms with Crippen LogP contribution in [0.2, 0.25) is 0 Å². The highest BCUT2D eigenvalue weighted by Crippen LogP contribution is 2.36. The fourth-order valence-electron chi connectivity index (χ4n) is 3.39. The van der Waals surface area contributed by atoms with Gasteiger partial charge in [-0.05, 0) is 74.8 Å². The van der Waals surface area contributed by atoms with Crippen LogP contribution in [-0.2, 0) is 24.9 Å². The van der Waals surface area contributed by atoms with Crippen LogP contribution in [0.1, 0.15) is 56.0 Å². The zero-order valence-corrected chi connectivity index (χ0v) is 12.7. The van der Waals surface area contributed by atoms with Gasteiger partial charge in [0.2, 0.25) is 0 Å². The highest BCUT2D eigenvalue weighted by atomic mass is 16.3. The zero-order valence-electron chi connectivity index (χ0n) is 12.7. The van der Waals surface area contributed by atoms with Crippen LogP contribution >= 0.6 is 0 Å². The predicted octanol–water partition coefficient (Wildman–Crippen LogP) is 3.90. The number of hydrogen-bond acceptors (Lipinski definition) is 2. The average molecular weight is 269 g/mol. The molecule has 0 radical (unpaired) electrons. The second-order valence-corrected chi connectivity index (χ2v) is 6.38. The summed E-state index contributed by atoms with van der Waals surface area (Å²) in [7, 11) is 0. The summed E-state index contributed by atoms with van der Waals surface area (Å²) in [5.41, 5.74) is 5.12. The SMILES string of the molecule is CCc1ccc2nc3c(c(C(C)(C)O)c2c1)CCCC3. The molecule has 1 aromatic heterocycles. The van der Waals surface area contributed by atoms with Crippen LogP contribution in [0.15, 0.2) is 18.2 Å². The first kappa shape index (κ1) is 13.6. The molecule has 1 aliphatic carbocycles. The third-order valence-corrected chi connectivity index (χ3v) is 4.35. The average Bonchev–Trinajstić information content (AvgIpc) is 2.42. The minimum Gasteiger partial charge on any atom is -0.386 e. The first-order valence-electron chi connectivity index (χ1n) is 7.68. The van der Waals surface area contributed by atoms with E-state index in [0.717, 1.165) is 35.7 Å². The van der Waals surface area contributed by atoms with Gasteiger partial charge in [-0.25, -0.2) is 0 Å². The van der Waals surface area contributed by atoms with Crippen molar-refractivity contribution in [3.05, 3.63) is 40.6 Å². The summed E-state index contributed by atoms with van der Waals surface area (Å²) >= 11 is 0. The quantitative estimate of drug-likeness (QED) is 0.897. The molecule has 0 aliphatic heterocycles. The molecule has 0 bridgehead atoms. The molecule has 1 aliphatic rings. The number of nitrogens with zero attached hydrogens (tertiary/aromatic N) is 1. The topological polar surface area (TPSA) is 33.1 Å². The Hall–Kier alpha value is -1.41. The molecule has 3 rings (SSSR count). The van der Waals surface area contributed by atoms with Gasteiger partial charge in [0.05, 0.1) is 11.1 Å². The number of hydrogen-bond donors (Lipinski definition) is 1. The highest BCUT2D eigenvalue weighted by Gasteiger charge is 2.27. The van der Waals surface area contributed by atoms with Gasteiger partial charge in [-0.1, -0.05) is 13.0 Å². The number of aromatic nitrogens is 1. The molecule has 0 saturated carbocycles. The van der Waals surface area contributed by atoms with E-state index in [-0.39, 0.29) is 0 Å². The molecule has 0 amide bonds. The van der Waals surface area contributed by atoms with Gasteiger partial charge in [0.15, 0.2) is 0 Å². The third kappa shape index (κ3) is 2.22. The normalized spacial score (nSPS) is 15.4. The van der Waals surface area contributed by atoms with Crippen molar-refractivity contribution < 1.29 is 5.11 Å². The van der Waals surface area contributed by atoms with Crippen LogP contribution < -0.4 is 0 Å². The van der Waals surface area contributed by atoms with Crippen LogP contribution in [0.5, 0.6) is 0 Å². The van der Waals surface area contributed by atoms with Gasteiger partial charge < -0.3 is 5.11 Å². The Morgan fingerprint density at radius 2 is 1.95 bits per heavy atom. The van der Waals surface area contributed by atoms with Gasteiger partial charge in [0.25, 0.3) is 0 Å². The van der Waals surface area contributed by atoms with E-state index in [2.05, 4.69) is 25.1 Å². The summed E-state index contributed by atoms with van der Waals surface area (Å²) in [5.74, 6) is 0. The number of fused-ring (bicyclic) bond motifs is 2. The van der Waals surface area contributed by atoms with E-state index >= 15 is 0 Å². The Kier molecular flexibility index (Phi) is 3.29. The molecule has 1 aromatic carbocycles. The summed E-state index contributed by atoms with van der Waals surface area (Å²) in [5, 5.41) is 11.8. The molecule has 0 fully saturated rings. The van der Waals surface area contributed by atoms with Gasteiger partial charge in [-0.15, -0.1) is 0 Å². The van der Waals surface area contributed by atoms with E-state index in [9.17, 15) is 5.11 Å². The minimum atomic E-state index is -0.811. The van der Waals surface area contributed by atoms with Gasteiger partial charge in [0.1, 0.15) is 0 Å². The second-order valence-electron chi connectivity index (χ2n) is 6.38. The maximum atomic E-state index is 10.7. The Bertz CT molecular complexity index is 652. The van der Waals surface area contributed by atoms with E-state index in [1.54, 1.807) is 0 Å². The predicted molar refractivity (Wildman–Crippen MR) is 83.0 cm³/mol. The molecular formula is C18H23NO. The van der Waals surface area contributed by atoms with Crippen molar-refractivity contribution in [1.82, 2.24) is 4.98 Å². The summed E-state index contributed by atoms with van der Waals surface area (Å²) < 4.78 is 0. The van der Waals surface area contributed by atoms with Crippen LogP contribution in [0, 0.1) is 0 Å². The third-order valence-electron chi connectivity index (χ3n) is 4.35. The second kappa shape index (κ2) is 4.85. The van der Waals surface area contributed by atoms with Crippen molar-refractivity contribution in [2.75, 3.05) is 0 Å². The van der Waals surface area contributed by atoms with Crippen molar-refractivity contribution in [2.45, 2.75) is 58.5 Å². The summed E-state index contributed by atoms with van der Waals surface area (Å²) in [4.78, 5) is 4.85. The van der Waals surface area contributed by atoms with Crippen molar-refractivity contribution in [2.24, 2.45) is 0 Å². The lowest BCUT2D eigenvalue weighted by molar-refractivity contribution is 0.0789. The van der Waals surface area contributed by atoms with Crippen LogP contribution in [0.25, 0.3) is 10.9 Å². The summed E-state index contributed by atoms with van der Waals surface area (Å²) in [6, 6.07) is 6.47. The minimum absolute atomic E-state index is 0.811. The van der Waals surface area contributed by atoms with Crippen LogP contribution in [0.4, 0.5) is 0 Å². The van der Waals surface area contributed by atoms with E-state index in [1.165, 1.54) is 29.7 Å². The molecule has 2 aromatic rings.